The minimum Gasteiger partial charge on any atom is -1.00 e. The number of allylic oxidation sites excluding steroid dienone is 4. The van der Waals surface area contributed by atoms with E-state index in [1.165, 1.54) is 33.4 Å². The second-order valence-electron chi connectivity index (χ2n) is 7.24. The van der Waals surface area contributed by atoms with Gasteiger partial charge in [0.1, 0.15) is 0 Å². The molecule has 0 spiro atoms. The van der Waals surface area contributed by atoms with E-state index in [0.29, 0.717) is 0 Å². The average molecular weight is 435 g/mol. The molecule has 1 radical (unpaired) electrons. The minimum absolute atomic E-state index is 0. The second-order valence-corrected chi connectivity index (χ2v) is 7.24. The van der Waals surface area contributed by atoms with Crippen molar-refractivity contribution >= 4 is 11.3 Å². The first-order valence-electron chi connectivity index (χ1n) is 8.64. The topological polar surface area (TPSA) is 14.1 Å². The van der Waals surface area contributed by atoms with Gasteiger partial charge in [-0.25, -0.2) is 0 Å². The van der Waals surface area contributed by atoms with Gasteiger partial charge in [0.05, 0.1) is 0 Å². The predicted octanol–water partition coefficient (Wildman–Crippen LogP) is 1.15. The van der Waals surface area contributed by atoms with Gasteiger partial charge in [0, 0.05) is 0 Å². The smallest absolute Gasteiger partial charge is 1.00 e. The number of halogens is 2. The van der Waals surface area contributed by atoms with Crippen molar-refractivity contribution in [1.29, 1.82) is 0 Å². The van der Waals surface area contributed by atoms with E-state index < -0.39 is 0 Å². The zero-order valence-electron chi connectivity index (χ0n) is 16.6. The van der Waals surface area contributed by atoms with Gasteiger partial charge in [-0.15, -0.1) is 5.69 Å². The van der Waals surface area contributed by atoms with Crippen molar-refractivity contribution in [2.24, 2.45) is 0 Å². The summed E-state index contributed by atoms with van der Waals surface area (Å²) < 4.78 is 0. The predicted molar refractivity (Wildman–Crippen MR) is 105 cm³/mol. The molecule has 0 fully saturated rings. The molecule has 27 heavy (non-hydrogen) atoms. The van der Waals surface area contributed by atoms with Gasteiger partial charge in [0.25, 0.3) is 0 Å². The maximum absolute atomic E-state index is 5.02. The Morgan fingerprint density at radius 3 is 1.89 bits per heavy atom. The Bertz CT molecular complexity index is 823. The third-order valence-electron chi connectivity index (χ3n) is 5.17. The molecule has 0 amide bonds. The van der Waals surface area contributed by atoms with Crippen LogP contribution < -0.4 is 24.8 Å². The SMILES string of the molecule is CC1=C(C)C(C)=C(c2ccccc2C(C)(C)[N-]c2ccccc2)C1.[Cl-].[Cl-].[Ti+3]. The van der Waals surface area contributed by atoms with Crippen LogP contribution in [0.3, 0.4) is 0 Å². The van der Waals surface area contributed by atoms with Crippen LogP contribution in [0.4, 0.5) is 5.69 Å². The van der Waals surface area contributed by atoms with Crippen molar-refractivity contribution in [3.8, 4) is 0 Å². The van der Waals surface area contributed by atoms with Crippen LogP contribution in [0.1, 0.15) is 52.2 Å². The van der Waals surface area contributed by atoms with Crippen molar-refractivity contribution in [1.82, 2.24) is 0 Å². The Morgan fingerprint density at radius 1 is 0.778 bits per heavy atom. The van der Waals surface area contributed by atoms with Gasteiger partial charge < -0.3 is 30.1 Å². The van der Waals surface area contributed by atoms with Gasteiger partial charge in [-0.1, -0.05) is 85.1 Å². The molecule has 0 aromatic heterocycles. The minimum atomic E-state index is -0.268. The molecule has 2 aromatic carbocycles. The first kappa shape index (κ1) is 26.0. The third-order valence-corrected chi connectivity index (χ3v) is 5.17. The molecule has 0 atom stereocenters. The van der Waals surface area contributed by atoms with E-state index in [1.807, 2.05) is 18.2 Å². The normalized spacial score (nSPS) is 13.5. The van der Waals surface area contributed by atoms with Gasteiger partial charge in [-0.2, -0.15) is 0 Å². The Kier molecular flexibility index (Phi) is 10.1. The summed E-state index contributed by atoms with van der Waals surface area (Å²) in [5, 5.41) is 5.02. The first-order valence-corrected chi connectivity index (χ1v) is 8.64. The zero-order valence-corrected chi connectivity index (χ0v) is 19.7. The number of hydrogen-bond acceptors (Lipinski definition) is 0. The molecule has 1 aliphatic rings. The maximum Gasteiger partial charge on any atom is 3.00 e. The van der Waals surface area contributed by atoms with E-state index in [-0.39, 0.29) is 52.1 Å². The molecule has 0 aliphatic heterocycles. The fourth-order valence-electron chi connectivity index (χ4n) is 3.54. The number of nitrogens with zero attached hydrogens (tertiary/aromatic N) is 1. The second kappa shape index (κ2) is 10.5. The van der Waals surface area contributed by atoms with E-state index in [0.717, 1.165) is 12.1 Å². The largest absolute Gasteiger partial charge is 3.00 e. The van der Waals surface area contributed by atoms with E-state index in [9.17, 15) is 0 Å². The number of benzene rings is 2. The van der Waals surface area contributed by atoms with Crippen LogP contribution in [0, 0.1) is 0 Å². The Labute approximate surface area is 191 Å². The Morgan fingerprint density at radius 2 is 1.33 bits per heavy atom. The maximum atomic E-state index is 5.02. The van der Waals surface area contributed by atoms with Crippen LogP contribution in [-0.2, 0) is 27.3 Å². The first-order chi connectivity index (χ1) is 11.4. The molecular weight excluding hydrogens is 409 g/mol. The van der Waals surface area contributed by atoms with Crippen LogP contribution >= 0.6 is 0 Å². The molecule has 0 unspecified atom stereocenters. The summed E-state index contributed by atoms with van der Waals surface area (Å²) in [7, 11) is 0. The standard InChI is InChI=1S/C23H26N.2ClH.Ti/c1-16-15-21(18(3)17(16)2)20-13-9-10-14-22(20)23(4,5)24-19-11-7-6-8-12-19;;;/h6-14H,15H2,1-5H3;2*1H;/q-1;;;+3/p-2. The van der Waals surface area contributed by atoms with E-state index in [4.69, 9.17) is 5.32 Å². The fraction of sp³-hybridized carbons (Fsp3) is 0.304. The molecule has 0 N–H and O–H groups in total. The van der Waals surface area contributed by atoms with E-state index in [2.05, 4.69) is 71.0 Å². The number of hydrogen-bond donors (Lipinski definition) is 0. The Hall–Kier alpha value is -0.986. The van der Waals surface area contributed by atoms with E-state index >= 15 is 0 Å². The summed E-state index contributed by atoms with van der Waals surface area (Å²) in [5.74, 6) is 0. The van der Waals surface area contributed by atoms with Gasteiger partial charge in [0.2, 0.25) is 0 Å². The summed E-state index contributed by atoms with van der Waals surface area (Å²) >= 11 is 0. The zero-order chi connectivity index (χ0) is 17.3. The molecule has 3 rings (SSSR count). The number of rotatable bonds is 4. The third kappa shape index (κ3) is 5.51. The fourth-order valence-corrected chi connectivity index (χ4v) is 3.54. The molecular formula is C23H26Cl2NTi. The molecule has 0 saturated carbocycles. The summed E-state index contributed by atoms with van der Waals surface area (Å²) in [6.07, 6.45) is 1.05. The van der Waals surface area contributed by atoms with Gasteiger partial charge in [-0.3, -0.25) is 0 Å². The monoisotopic (exact) mass is 434 g/mol. The molecule has 0 heterocycles. The van der Waals surface area contributed by atoms with Crippen molar-refractivity contribution in [2.45, 2.75) is 46.6 Å². The van der Waals surface area contributed by atoms with Gasteiger partial charge in [-0.05, 0) is 49.5 Å². The molecule has 1 nitrogen and oxygen atoms in total. The van der Waals surface area contributed by atoms with Crippen LogP contribution in [0.2, 0.25) is 0 Å². The van der Waals surface area contributed by atoms with Gasteiger partial charge in [0.15, 0.2) is 0 Å². The number of para-hydroxylation sites is 1. The van der Waals surface area contributed by atoms with E-state index in [1.54, 1.807) is 0 Å². The van der Waals surface area contributed by atoms with Crippen LogP contribution in [0.5, 0.6) is 0 Å². The summed E-state index contributed by atoms with van der Waals surface area (Å²) in [5.41, 5.74) is 9.21. The van der Waals surface area contributed by atoms with Gasteiger partial charge >= 0.3 is 21.7 Å². The van der Waals surface area contributed by atoms with Crippen molar-refractivity contribution < 1.29 is 46.5 Å². The van der Waals surface area contributed by atoms with Crippen LogP contribution in [0.25, 0.3) is 10.9 Å². The van der Waals surface area contributed by atoms with Crippen molar-refractivity contribution in [3.05, 3.63) is 87.8 Å². The molecule has 4 heteroatoms. The summed E-state index contributed by atoms with van der Waals surface area (Å²) in [4.78, 5) is 0. The molecule has 0 saturated heterocycles. The summed E-state index contributed by atoms with van der Waals surface area (Å²) in [6, 6.07) is 19.0. The molecule has 0 bridgehead atoms. The van der Waals surface area contributed by atoms with Crippen LogP contribution in [-0.4, -0.2) is 0 Å². The van der Waals surface area contributed by atoms with Crippen molar-refractivity contribution in [2.75, 3.05) is 0 Å². The Balaban J connectivity index is 0.00000225. The molecule has 141 valence electrons. The quantitative estimate of drug-likeness (QED) is 0.641. The van der Waals surface area contributed by atoms with Crippen molar-refractivity contribution in [3.63, 3.8) is 0 Å². The molecule has 2 aromatic rings. The summed E-state index contributed by atoms with van der Waals surface area (Å²) in [6.45, 7) is 11.1. The molecule has 1 aliphatic carbocycles. The van der Waals surface area contributed by atoms with Crippen LogP contribution in [0.15, 0.2) is 71.3 Å². The average Bonchev–Trinajstić information content (AvgIpc) is 2.83.